The van der Waals surface area contributed by atoms with E-state index in [0.717, 1.165) is 19.1 Å². The van der Waals surface area contributed by atoms with E-state index in [1.54, 1.807) is 67.8 Å². The molecule has 2 aliphatic heterocycles. The van der Waals surface area contributed by atoms with E-state index in [9.17, 15) is 26.7 Å². The molecule has 50 heavy (non-hydrogen) atoms. The average molecular weight is 739 g/mol. The maximum absolute atomic E-state index is 12.8. The molecule has 282 valence electrons. The number of methoxy groups -OCH3 is 1. The van der Waals surface area contributed by atoms with Crippen molar-refractivity contribution in [2.24, 2.45) is 29.6 Å². The molecule has 1 unspecified atom stereocenters. The van der Waals surface area contributed by atoms with E-state index in [0.29, 0.717) is 22.1 Å². The highest BCUT2D eigenvalue weighted by atomic mass is 32.2. The molecule has 0 spiro atoms. The molecule has 12 heteroatoms. The van der Waals surface area contributed by atoms with E-state index in [-0.39, 0.29) is 85.1 Å². The Morgan fingerprint density at radius 2 is 1.22 bits per heavy atom. The van der Waals surface area contributed by atoms with Crippen LogP contribution in [0.25, 0.3) is 0 Å². The van der Waals surface area contributed by atoms with Crippen LogP contribution in [0.2, 0.25) is 0 Å². The zero-order chi connectivity index (χ0) is 37.1. The quantitative estimate of drug-likeness (QED) is 0.208. The number of sulfone groups is 2. The lowest BCUT2D eigenvalue weighted by Crippen LogP contribution is -2.31. The number of carbonyl (C=O) groups excluding carboxylic acids is 1. The van der Waals surface area contributed by atoms with Gasteiger partial charge in [0.25, 0.3) is 0 Å². The summed E-state index contributed by atoms with van der Waals surface area (Å²) in [6.45, 7) is 9.93. The van der Waals surface area contributed by atoms with Crippen molar-refractivity contribution in [3.63, 3.8) is 0 Å². The molecule has 4 rings (SSSR count). The molecule has 0 amide bonds. The van der Waals surface area contributed by atoms with Crippen LogP contribution in [0.5, 0.6) is 0 Å². The Kier molecular flexibility index (Phi) is 16.5. The SMILES string of the molecule is CC[C@@H](C)C[C@H]1O[C@@H](CC=O)[C@H](CS(=O)(=O)c2ccccc2)[C@H]1C.COC(C)C[C@@H]1O[C@H](C[C@H](O)CO)[C@H](C)[C@H]1CS(=O)(=O)c1ccccc1. The van der Waals surface area contributed by atoms with Crippen LogP contribution in [0.4, 0.5) is 0 Å². The molecule has 11 atom stereocenters. The van der Waals surface area contributed by atoms with Gasteiger partial charge in [-0.25, -0.2) is 16.8 Å². The minimum atomic E-state index is -3.44. The average Bonchev–Trinajstić information content (AvgIpc) is 3.54. The van der Waals surface area contributed by atoms with Crippen LogP contribution in [-0.4, -0.2) is 95.2 Å². The number of carbonyl (C=O) groups is 1. The summed E-state index contributed by atoms with van der Waals surface area (Å²) in [5.41, 5.74) is 0. The van der Waals surface area contributed by atoms with E-state index in [2.05, 4.69) is 20.8 Å². The monoisotopic (exact) mass is 738 g/mol. The van der Waals surface area contributed by atoms with Crippen molar-refractivity contribution in [3.8, 4) is 0 Å². The molecular weight excluding hydrogens is 681 g/mol. The van der Waals surface area contributed by atoms with Crippen LogP contribution in [0.1, 0.15) is 66.7 Å². The second kappa shape index (κ2) is 19.6. The van der Waals surface area contributed by atoms with Crippen molar-refractivity contribution < 1.29 is 46.1 Å². The van der Waals surface area contributed by atoms with Gasteiger partial charge in [-0.05, 0) is 61.8 Å². The van der Waals surface area contributed by atoms with E-state index in [1.807, 2.05) is 13.8 Å². The summed E-state index contributed by atoms with van der Waals surface area (Å²) in [7, 11) is -5.21. The third kappa shape index (κ3) is 11.7. The standard InChI is InChI=1S/C19H30O6S.C19H28O4S/c1-13(24-3)9-19-17(14(2)18(25-19)10-15(21)11-20)12-26(22,23)16-7-5-4-6-8-16;1-4-14(2)12-19-15(3)17(18(23-19)10-11-20)13-24(21,22)16-8-6-5-7-9-16/h4-8,13-15,17-21H,9-12H2,1-3H3;5-9,11,14-15,17-19H,4,10,12-13H2,1-3H3/t13?,14-,15+,17-,18-,19+;14-,15-,17-,18+,19-/m11/s1. The first-order valence-electron chi connectivity index (χ1n) is 17.8. The summed E-state index contributed by atoms with van der Waals surface area (Å²) >= 11 is 0. The van der Waals surface area contributed by atoms with E-state index < -0.39 is 25.8 Å². The Morgan fingerprint density at radius 3 is 1.66 bits per heavy atom. The maximum atomic E-state index is 12.8. The number of benzene rings is 2. The number of hydrogen-bond donors (Lipinski definition) is 2. The Balaban J connectivity index is 0.000000271. The number of aliphatic hydroxyl groups is 2. The van der Waals surface area contributed by atoms with Crippen molar-refractivity contribution in [2.45, 2.75) is 113 Å². The van der Waals surface area contributed by atoms with Crippen molar-refractivity contribution in [3.05, 3.63) is 60.7 Å². The van der Waals surface area contributed by atoms with Gasteiger partial charge >= 0.3 is 0 Å². The first-order chi connectivity index (χ1) is 23.7. The predicted octanol–water partition coefficient (Wildman–Crippen LogP) is 5.15. The van der Waals surface area contributed by atoms with Gasteiger partial charge in [0.05, 0.1) is 64.5 Å². The summed E-state index contributed by atoms with van der Waals surface area (Å²) in [4.78, 5) is 11.7. The highest BCUT2D eigenvalue weighted by molar-refractivity contribution is 7.91. The largest absolute Gasteiger partial charge is 0.394 e. The van der Waals surface area contributed by atoms with Gasteiger partial charge in [-0.2, -0.15) is 0 Å². The van der Waals surface area contributed by atoms with Crippen LogP contribution < -0.4 is 0 Å². The normalized spacial score (nSPS) is 28.7. The molecule has 2 aromatic carbocycles. The molecular formula is C38H58O10S2. The van der Waals surface area contributed by atoms with Crippen LogP contribution in [0.15, 0.2) is 70.5 Å². The minimum absolute atomic E-state index is 0.00893. The first-order valence-corrected chi connectivity index (χ1v) is 21.1. The fourth-order valence-electron chi connectivity index (χ4n) is 7.03. The van der Waals surface area contributed by atoms with Crippen LogP contribution in [-0.2, 0) is 38.7 Å². The van der Waals surface area contributed by atoms with Gasteiger partial charge in [0.2, 0.25) is 0 Å². The van der Waals surface area contributed by atoms with E-state index >= 15 is 0 Å². The summed E-state index contributed by atoms with van der Waals surface area (Å²) < 4.78 is 68.6. The summed E-state index contributed by atoms with van der Waals surface area (Å²) in [6.07, 6.45) is 2.19. The third-order valence-electron chi connectivity index (χ3n) is 10.5. The molecule has 2 fully saturated rings. The molecule has 2 saturated heterocycles. The molecule has 0 bridgehead atoms. The van der Waals surface area contributed by atoms with Gasteiger partial charge in [0.1, 0.15) is 6.29 Å². The molecule has 2 heterocycles. The second-order valence-electron chi connectivity index (χ2n) is 14.2. The maximum Gasteiger partial charge on any atom is 0.178 e. The highest BCUT2D eigenvalue weighted by Gasteiger charge is 2.45. The Bertz CT molecular complexity index is 1500. The highest BCUT2D eigenvalue weighted by Crippen LogP contribution is 2.40. The number of hydrogen-bond acceptors (Lipinski definition) is 10. The predicted molar refractivity (Wildman–Crippen MR) is 193 cm³/mol. The zero-order valence-electron chi connectivity index (χ0n) is 30.3. The second-order valence-corrected chi connectivity index (χ2v) is 18.2. The minimum Gasteiger partial charge on any atom is -0.394 e. The summed E-state index contributed by atoms with van der Waals surface area (Å²) in [5.74, 6) is 0.284. The summed E-state index contributed by atoms with van der Waals surface area (Å²) in [5, 5.41) is 18.9. The van der Waals surface area contributed by atoms with Crippen molar-refractivity contribution in [1.29, 1.82) is 0 Å². The van der Waals surface area contributed by atoms with E-state index in [4.69, 9.17) is 19.3 Å². The molecule has 0 aromatic heterocycles. The Morgan fingerprint density at radius 1 is 0.760 bits per heavy atom. The van der Waals surface area contributed by atoms with Gasteiger partial charge in [0, 0.05) is 31.8 Å². The summed E-state index contributed by atoms with van der Waals surface area (Å²) in [6, 6.07) is 17.0. The van der Waals surface area contributed by atoms with E-state index in [1.165, 1.54) is 0 Å². The lowest BCUT2D eigenvalue weighted by atomic mass is 9.85. The molecule has 2 aliphatic rings. The lowest BCUT2D eigenvalue weighted by molar-refractivity contribution is -0.110. The topological polar surface area (TPSA) is 154 Å². The molecule has 0 aliphatic carbocycles. The zero-order valence-corrected chi connectivity index (χ0v) is 32.0. The van der Waals surface area contributed by atoms with Gasteiger partial charge < -0.3 is 29.2 Å². The van der Waals surface area contributed by atoms with Crippen LogP contribution in [0, 0.1) is 29.6 Å². The lowest BCUT2D eigenvalue weighted by Gasteiger charge is -2.23. The molecule has 2 aromatic rings. The van der Waals surface area contributed by atoms with Gasteiger partial charge in [-0.15, -0.1) is 0 Å². The van der Waals surface area contributed by atoms with Crippen molar-refractivity contribution in [2.75, 3.05) is 25.2 Å². The molecule has 10 nitrogen and oxygen atoms in total. The molecule has 0 saturated carbocycles. The number of ether oxygens (including phenoxy) is 3. The van der Waals surface area contributed by atoms with Crippen LogP contribution >= 0.6 is 0 Å². The van der Waals surface area contributed by atoms with Gasteiger partial charge in [-0.1, -0.05) is 70.5 Å². The first kappa shape index (κ1) is 42.2. The number of aliphatic hydroxyl groups excluding tert-OH is 2. The fraction of sp³-hybridized carbons (Fsp3) is 0.658. The Labute approximate surface area is 299 Å². The van der Waals surface area contributed by atoms with Gasteiger partial charge in [0.15, 0.2) is 19.7 Å². The third-order valence-corrected chi connectivity index (χ3v) is 14.2. The Hall–Kier alpha value is -2.19. The number of rotatable bonds is 17. The number of aldehydes is 1. The fourth-order valence-corrected chi connectivity index (χ4v) is 10.6. The molecule has 0 radical (unpaired) electrons. The van der Waals surface area contributed by atoms with Gasteiger partial charge in [-0.3, -0.25) is 0 Å². The van der Waals surface area contributed by atoms with Crippen molar-refractivity contribution >= 4 is 26.0 Å². The van der Waals surface area contributed by atoms with Crippen LogP contribution in [0.3, 0.4) is 0 Å². The molecule has 2 N–H and O–H groups in total. The smallest absolute Gasteiger partial charge is 0.178 e. The van der Waals surface area contributed by atoms with Crippen molar-refractivity contribution in [1.82, 2.24) is 0 Å².